The first-order valence-electron chi connectivity index (χ1n) is 8.39. The summed E-state index contributed by atoms with van der Waals surface area (Å²) in [6, 6.07) is 4.28. The van der Waals surface area contributed by atoms with Crippen LogP contribution in [0, 0.1) is 10.1 Å². The summed E-state index contributed by atoms with van der Waals surface area (Å²) in [6.07, 6.45) is 1.86. The molecule has 0 radical (unpaired) electrons. The van der Waals surface area contributed by atoms with Crippen molar-refractivity contribution < 1.29 is 19.2 Å². The van der Waals surface area contributed by atoms with Gasteiger partial charge in [0.15, 0.2) is 12.4 Å². The lowest BCUT2D eigenvalue weighted by Crippen LogP contribution is -2.39. The zero-order valence-corrected chi connectivity index (χ0v) is 15.0. The summed E-state index contributed by atoms with van der Waals surface area (Å²) in [6.45, 7) is 4.00. The summed E-state index contributed by atoms with van der Waals surface area (Å²) in [5, 5.41) is 24.4. The number of hydrogen-bond donors (Lipinski definition) is 1. The van der Waals surface area contributed by atoms with Gasteiger partial charge in [-0.3, -0.25) is 14.9 Å². The van der Waals surface area contributed by atoms with Crippen molar-refractivity contribution in [2.24, 2.45) is 0 Å². The number of ether oxygens (including phenoxy) is 1. The smallest absolute Gasteiger partial charge is 0.328 e. The van der Waals surface area contributed by atoms with E-state index >= 15 is 0 Å². The Balaban J connectivity index is 1.90. The maximum atomic E-state index is 12.2. The van der Waals surface area contributed by atoms with Crippen LogP contribution in [-0.2, 0) is 22.7 Å². The zero-order valence-electron chi connectivity index (χ0n) is 15.0. The van der Waals surface area contributed by atoms with Gasteiger partial charge < -0.3 is 10.1 Å². The second kappa shape index (κ2) is 9.36. The summed E-state index contributed by atoms with van der Waals surface area (Å²) in [4.78, 5) is 34.4. The van der Waals surface area contributed by atoms with E-state index in [1.807, 2.05) is 6.92 Å². The first-order valence-corrected chi connectivity index (χ1v) is 8.39. The molecule has 11 heteroatoms. The van der Waals surface area contributed by atoms with Crippen LogP contribution in [0.3, 0.4) is 0 Å². The number of aryl methyl sites for hydroxylation is 1. The quantitative estimate of drug-likeness (QED) is 0.391. The van der Waals surface area contributed by atoms with Crippen LogP contribution in [0.5, 0.6) is 0 Å². The molecule has 0 fully saturated rings. The van der Waals surface area contributed by atoms with Gasteiger partial charge in [-0.15, -0.1) is 5.10 Å². The van der Waals surface area contributed by atoms with Crippen molar-refractivity contribution in [1.82, 2.24) is 25.5 Å². The minimum absolute atomic E-state index is 0.0763. The lowest BCUT2D eigenvalue weighted by atomic mass is 10.2. The summed E-state index contributed by atoms with van der Waals surface area (Å²) < 4.78 is 6.70. The number of non-ortho nitro benzene ring substituents is 1. The number of tetrazole rings is 1. The van der Waals surface area contributed by atoms with Gasteiger partial charge in [-0.05, 0) is 29.8 Å². The number of nitrogens with one attached hydrogen (secondary N) is 1. The third-order valence-electron chi connectivity index (χ3n) is 3.69. The molecular weight excluding hydrogens is 356 g/mol. The molecule has 1 heterocycles. The minimum Gasteiger partial charge on any atom is -0.456 e. The van der Waals surface area contributed by atoms with E-state index in [0.29, 0.717) is 12.4 Å². The molecule has 0 aliphatic heterocycles. The second-order valence-corrected chi connectivity index (χ2v) is 5.78. The van der Waals surface area contributed by atoms with Gasteiger partial charge in [-0.1, -0.05) is 19.4 Å². The van der Waals surface area contributed by atoms with E-state index in [1.165, 1.54) is 25.1 Å². The second-order valence-electron chi connectivity index (χ2n) is 5.78. The maximum absolute atomic E-state index is 12.2. The van der Waals surface area contributed by atoms with Crippen molar-refractivity contribution in [3.05, 3.63) is 45.8 Å². The molecule has 2 rings (SSSR count). The number of carbonyl (C=O) groups is 2. The summed E-state index contributed by atoms with van der Waals surface area (Å²) in [5.41, 5.74) is -0.135. The van der Waals surface area contributed by atoms with Gasteiger partial charge >= 0.3 is 5.97 Å². The van der Waals surface area contributed by atoms with Gasteiger partial charge in [0.1, 0.15) is 6.04 Å². The van der Waals surface area contributed by atoms with Crippen LogP contribution in [0.4, 0.5) is 5.69 Å². The summed E-state index contributed by atoms with van der Waals surface area (Å²) >= 11 is 0. The van der Waals surface area contributed by atoms with Crippen LogP contribution in [0.25, 0.3) is 0 Å². The number of benzene rings is 1. The highest BCUT2D eigenvalue weighted by Crippen LogP contribution is 2.13. The maximum Gasteiger partial charge on any atom is 0.328 e. The molecule has 0 saturated heterocycles. The number of nitrogens with zero attached hydrogens (tertiary/aromatic N) is 5. The molecule has 0 aliphatic carbocycles. The molecule has 0 spiro atoms. The topological polar surface area (TPSA) is 142 Å². The average molecular weight is 376 g/mol. The van der Waals surface area contributed by atoms with Crippen LogP contribution < -0.4 is 5.32 Å². The molecular formula is C16H20N6O5. The zero-order chi connectivity index (χ0) is 19.8. The van der Waals surface area contributed by atoms with E-state index in [4.69, 9.17) is 4.74 Å². The van der Waals surface area contributed by atoms with E-state index in [-0.39, 0.29) is 17.9 Å². The first-order chi connectivity index (χ1) is 12.9. The highest BCUT2D eigenvalue weighted by molar-refractivity contribution is 5.97. The SMILES string of the molecule is CCCCn1nnnc1COC(=O)[C@H](C)NC(=O)c1cccc([N+](=O)[O-])c1. The monoisotopic (exact) mass is 376 g/mol. The number of unbranched alkanes of at least 4 members (excludes halogenated alkanes) is 1. The average Bonchev–Trinajstić information content (AvgIpc) is 3.11. The van der Waals surface area contributed by atoms with Crippen LogP contribution in [0.1, 0.15) is 42.9 Å². The molecule has 0 saturated carbocycles. The summed E-state index contributed by atoms with van der Waals surface area (Å²) in [7, 11) is 0. The predicted molar refractivity (Wildman–Crippen MR) is 92.5 cm³/mol. The fourth-order valence-corrected chi connectivity index (χ4v) is 2.17. The van der Waals surface area contributed by atoms with E-state index < -0.39 is 22.8 Å². The molecule has 1 atom stereocenters. The van der Waals surface area contributed by atoms with Gasteiger partial charge in [0, 0.05) is 24.2 Å². The summed E-state index contributed by atoms with van der Waals surface area (Å²) in [5.74, 6) is -0.872. The number of esters is 1. The molecule has 0 unspecified atom stereocenters. The van der Waals surface area contributed by atoms with Crippen LogP contribution in [0.2, 0.25) is 0 Å². The van der Waals surface area contributed by atoms with Gasteiger partial charge in [0.2, 0.25) is 0 Å². The van der Waals surface area contributed by atoms with Crippen molar-refractivity contribution in [1.29, 1.82) is 0 Å². The number of carbonyl (C=O) groups excluding carboxylic acids is 2. The Bertz CT molecular complexity index is 821. The molecule has 1 aromatic carbocycles. The van der Waals surface area contributed by atoms with Gasteiger partial charge in [-0.2, -0.15) is 0 Å². The Hall–Kier alpha value is -3.37. The predicted octanol–water partition coefficient (Wildman–Crippen LogP) is 1.24. The largest absolute Gasteiger partial charge is 0.456 e. The standard InChI is InChI=1S/C16H20N6O5/c1-3-4-8-21-14(18-19-20-21)10-27-16(24)11(2)17-15(23)12-6-5-7-13(9-12)22(25)26/h5-7,9,11H,3-4,8,10H2,1-2H3,(H,17,23)/t11-/m0/s1. The van der Waals surface area contributed by atoms with Crippen molar-refractivity contribution in [2.75, 3.05) is 0 Å². The number of amides is 1. The van der Waals surface area contributed by atoms with E-state index in [2.05, 4.69) is 20.8 Å². The molecule has 144 valence electrons. The molecule has 1 N–H and O–H groups in total. The minimum atomic E-state index is -0.947. The third kappa shape index (κ3) is 5.56. The Morgan fingerprint density at radius 3 is 2.89 bits per heavy atom. The van der Waals surface area contributed by atoms with Gasteiger partial charge in [0.25, 0.3) is 11.6 Å². The molecule has 27 heavy (non-hydrogen) atoms. The molecule has 1 amide bonds. The van der Waals surface area contributed by atoms with E-state index in [1.54, 1.807) is 4.68 Å². The Labute approximate surface area is 154 Å². The molecule has 2 aromatic rings. The van der Waals surface area contributed by atoms with Crippen LogP contribution in [0.15, 0.2) is 24.3 Å². The number of nitro groups is 1. The van der Waals surface area contributed by atoms with Crippen LogP contribution in [-0.4, -0.2) is 43.0 Å². The lowest BCUT2D eigenvalue weighted by Gasteiger charge is -2.13. The number of hydrogen-bond acceptors (Lipinski definition) is 8. The Morgan fingerprint density at radius 2 is 2.19 bits per heavy atom. The van der Waals surface area contributed by atoms with Crippen molar-refractivity contribution in [3.8, 4) is 0 Å². The number of nitro benzene ring substituents is 1. The highest BCUT2D eigenvalue weighted by Gasteiger charge is 2.20. The highest BCUT2D eigenvalue weighted by atomic mass is 16.6. The van der Waals surface area contributed by atoms with Crippen LogP contribution >= 0.6 is 0 Å². The molecule has 11 nitrogen and oxygen atoms in total. The number of aromatic nitrogens is 4. The van der Waals surface area contributed by atoms with E-state index in [9.17, 15) is 19.7 Å². The van der Waals surface area contributed by atoms with Crippen molar-refractivity contribution in [3.63, 3.8) is 0 Å². The molecule has 0 bridgehead atoms. The molecule has 0 aliphatic rings. The van der Waals surface area contributed by atoms with Crippen molar-refractivity contribution in [2.45, 2.75) is 45.9 Å². The third-order valence-corrected chi connectivity index (χ3v) is 3.69. The first kappa shape index (κ1) is 19.9. The van der Waals surface area contributed by atoms with Gasteiger partial charge in [-0.25, -0.2) is 9.48 Å². The Kier molecular flexibility index (Phi) is 6.92. The van der Waals surface area contributed by atoms with Crippen molar-refractivity contribution >= 4 is 17.6 Å². The fraction of sp³-hybridized carbons (Fsp3) is 0.438. The fourth-order valence-electron chi connectivity index (χ4n) is 2.17. The lowest BCUT2D eigenvalue weighted by molar-refractivity contribution is -0.384. The Morgan fingerprint density at radius 1 is 1.41 bits per heavy atom. The normalized spacial score (nSPS) is 11.6. The molecule has 1 aromatic heterocycles. The number of rotatable bonds is 9. The van der Waals surface area contributed by atoms with E-state index in [0.717, 1.165) is 18.9 Å². The van der Waals surface area contributed by atoms with Gasteiger partial charge in [0.05, 0.1) is 4.92 Å².